The fraction of sp³-hybridized carbons (Fsp3) is 0.353. The van der Waals surface area contributed by atoms with E-state index in [1.807, 2.05) is 30.3 Å². The number of rotatable bonds is 4. The van der Waals surface area contributed by atoms with Crippen LogP contribution in [0.1, 0.15) is 11.3 Å². The number of hydrogen-bond acceptors (Lipinski definition) is 6. The van der Waals surface area contributed by atoms with Crippen molar-refractivity contribution in [1.82, 2.24) is 19.8 Å². The summed E-state index contributed by atoms with van der Waals surface area (Å²) in [6.07, 6.45) is 3.07. The van der Waals surface area contributed by atoms with Crippen molar-refractivity contribution >= 4 is 11.9 Å². The monoisotopic (exact) mass is 325 g/mol. The summed E-state index contributed by atoms with van der Waals surface area (Å²) in [6.45, 7) is 2.66. The number of likely N-dealkylation sites (tertiary alicyclic amines) is 1. The molecule has 2 fully saturated rings. The number of nitrogens with two attached hydrogens (primary N) is 1. The maximum absolute atomic E-state index is 12.1. The number of carbonyl (C=O) groups excluding carboxylic acids is 1. The zero-order valence-corrected chi connectivity index (χ0v) is 13.2. The van der Waals surface area contributed by atoms with Gasteiger partial charge in [0.15, 0.2) is 0 Å². The van der Waals surface area contributed by atoms with Gasteiger partial charge < -0.3 is 10.5 Å². The molecule has 0 saturated carbocycles. The highest BCUT2D eigenvalue weighted by Gasteiger charge is 2.47. The topological polar surface area (TPSA) is 84.6 Å². The zero-order valence-electron chi connectivity index (χ0n) is 13.2. The Kier molecular flexibility index (Phi) is 3.78. The predicted octanol–water partition coefficient (Wildman–Crippen LogP) is 1.26. The highest BCUT2D eigenvalue weighted by molar-refractivity contribution is 5.71. The van der Waals surface area contributed by atoms with Crippen LogP contribution in [0.5, 0.6) is 0 Å². The summed E-state index contributed by atoms with van der Waals surface area (Å²) in [5.41, 5.74) is 7.79. The molecule has 4 heterocycles. The molecule has 0 radical (unpaired) electrons. The van der Waals surface area contributed by atoms with Crippen LogP contribution >= 0.6 is 0 Å². The van der Waals surface area contributed by atoms with Gasteiger partial charge >= 0.3 is 6.09 Å². The molecule has 1 amide bonds. The van der Waals surface area contributed by atoms with Gasteiger partial charge in [-0.15, -0.1) is 0 Å². The van der Waals surface area contributed by atoms with Crippen molar-refractivity contribution in [2.75, 3.05) is 18.8 Å². The van der Waals surface area contributed by atoms with Crippen LogP contribution in [0, 0.1) is 0 Å². The first kappa shape index (κ1) is 14.9. The Morgan fingerprint density at radius 1 is 1.12 bits per heavy atom. The quantitative estimate of drug-likeness (QED) is 0.911. The van der Waals surface area contributed by atoms with Gasteiger partial charge in [0.05, 0.1) is 18.3 Å². The van der Waals surface area contributed by atoms with Gasteiger partial charge in [-0.3, -0.25) is 14.8 Å². The number of amides is 1. The van der Waals surface area contributed by atoms with Crippen LogP contribution < -0.4 is 5.73 Å². The van der Waals surface area contributed by atoms with Gasteiger partial charge in [-0.2, -0.15) is 0 Å². The van der Waals surface area contributed by atoms with E-state index in [-0.39, 0.29) is 18.2 Å². The van der Waals surface area contributed by atoms with Gasteiger partial charge in [0.25, 0.3) is 0 Å². The molecular weight excluding hydrogens is 306 g/mol. The van der Waals surface area contributed by atoms with Crippen LogP contribution in [-0.2, 0) is 17.8 Å². The number of pyridine rings is 2. The molecule has 124 valence electrons. The van der Waals surface area contributed by atoms with Crippen LogP contribution in [-0.4, -0.2) is 51.1 Å². The third kappa shape index (κ3) is 2.78. The lowest BCUT2D eigenvalue weighted by Gasteiger charge is -2.22. The van der Waals surface area contributed by atoms with Crippen molar-refractivity contribution in [2.24, 2.45) is 0 Å². The largest absolute Gasteiger partial charge is 0.442 e. The zero-order chi connectivity index (χ0) is 16.5. The van der Waals surface area contributed by atoms with Gasteiger partial charge in [-0.1, -0.05) is 12.1 Å². The Morgan fingerprint density at radius 3 is 2.79 bits per heavy atom. The number of nitrogens with zero attached hydrogens (tertiary/aromatic N) is 4. The lowest BCUT2D eigenvalue weighted by Crippen LogP contribution is -2.37. The Labute approximate surface area is 140 Å². The number of carbonyl (C=O) groups is 1. The molecule has 0 bridgehead atoms. The van der Waals surface area contributed by atoms with Crippen molar-refractivity contribution in [1.29, 1.82) is 0 Å². The molecule has 7 nitrogen and oxygen atoms in total. The van der Waals surface area contributed by atoms with E-state index in [4.69, 9.17) is 10.5 Å². The van der Waals surface area contributed by atoms with Gasteiger partial charge in [0.2, 0.25) is 0 Å². The van der Waals surface area contributed by atoms with Crippen LogP contribution in [0.15, 0.2) is 42.7 Å². The van der Waals surface area contributed by atoms with Crippen molar-refractivity contribution in [3.05, 3.63) is 54.0 Å². The molecule has 0 unspecified atom stereocenters. The molecule has 0 spiro atoms. The Balaban J connectivity index is 1.45. The van der Waals surface area contributed by atoms with Crippen LogP contribution in [0.3, 0.4) is 0 Å². The molecular formula is C17H19N5O2. The van der Waals surface area contributed by atoms with E-state index in [2.05, 4.69) is 14.9 Å². The smallest absolute Gasteiger partial charge is 0.410 e. The minimum absolute atomic E-state index is 0.0532. The minimum Gasteiger partial charge on any atom is -0.442 e. The van der Waals surface area contributed by atoms with Crippen molar-refractivity contribution in [2.45, 2.75) is 25.2 Å². The van der Waals surface area contributed by atoms with E-state index in [0.717, 1.165) is 17.8 Å². The average Bonchev–Trinajstić information content (AvgIpc) is 3.09. The summed E-state index contributed by atoms with van der Waals surface area (Å²) in [7, 11) is 0. The standard InChI is InChI=1S/C17H19N5O2/c18-16-12(4-3-7-20-16)8-21-10-14-15(11-21)24-17(23)22(14)9-13-5-1-2-6-19-13/h1-7,14-15H,8-11H2,(H2,18,20)/t14-,15+/m1/s1. The summed E-state index contributed by atoms with van der Waals surface area (Å²) < 4.78 is 5.54. The molecule has 2 aromatic rings. The first-order valence-corrected chi connectivity index (χ1v) is 7.99. The average molecular weight is 325 g/mol. The number of fused-ring (bicyclic) bond motifs is 1. The highest BCUT2D eigenvalue weighted by atomic mass is 16.6. The van der Waals surface area contributed by atoms with E-state index < -0.39 is 0 Å². The van der Waals surface area contributed by atoms with Crippen LogP contribution in [0.4, 0.5) is 10.6 Å². The van der Waals surface area contributed by atoms with Crippen molar-refractivity contribution in [3.8, 4) is 0 Å². The summed E-state index contributed by atoms with van der Waals surface area (Å²) in [5.74, 6) is 0.553. The number of anilines is 1. The Bertz CT molecular complexity index is 739. The van der Waals surface area contributed by atoms with E-state index in [9.17, 15) is 4.79 Å². The lowest BCUT2D eigenvalue weighted by molar-refractivity contribution is 0.119. The van der Waals surface area contributed by atoms with Crippen molar-refractivity contribution < 1.29 is 9.53 Å². The van der Waals surface area contributed by atoms with Crippen LogP contribution in [0.2, 0.25) is 0 Å². The van der Waals surface area contributed by atoms with E-state index >= 15 is 0 Å². The van der Waals surface area contributed by atoms with Gasteiger partial charge in [0, 0.05) is 37.6 Å². The first-order valence-electron chi connectivity index (χ1n) is 7.99. The highest BCUT2D eigenvalue weighted by Crippen LogP contribution is 2.29. The molecule has 2 aromatic heterocycles. The summed E-state index contributed by atoms with van der Waals surface area (Å²) in [5, 5.41) is 0. The lowest BCUT2D eigenvalue weighted by atomic mass is 10.2. The molecule has 2 aliphatic rings. The predicted molar refractivity (Wildman–Crippen MR) is 87.8 cm³/mol. The maximum atomic E-state index is 12.1. The SMILES string of the molecule is Nc1ncccc1CN1C[C@@H]2OC(=O)N(Cc3ccccn3)[C@@H]2C1. The fourth-order valence-electron chi connectivity index (χ4n) is 3.38. The molecule has 4 rings (SSSR count). The van der Waals surface area contributed by atoms with Gasteiger partial charge in [-0.25, -0.2) is 9.78 Å². The number of aromatic nitrogens is 2. The van der Waals surface area contributed by atoms with E-state index in [1.54, 1.807) is 17.3 Å². The molecule has 0 aromatic carbocycles. The Hall–Kier alpha value is -2.67. The van der Waals surface area contributed by atoms with E-state index in [0.29, 0.717) is 25.5 Å². The molecule has 2 saturated heterocycles. The molecule has 7 heteroatoms. The fourth-order valence-corrected chi connectivity index (χ4v) is 3.38. The Morgan fingerprint density at radius 2 is 2.00 bits per heavy atom. The van der Waals surface area contributed by atoms with E-state index in [1.165, 1.54) is 0 Å². The van der Waals surface area contributed by atoms with Crippen LogP contribution in [0.25, 0.3) is 0 Å². The molecule has 24 heavy (non-hydrogen) atoms. The minimum atomic E-state index is -0.254. The van der Waals surface area contributed by atoms with Gasteiger partial charge in [0.1, 0.15) is 11.9 Å². The molecule has 2 N–H and O–H groups in total. The maximum Gasteiger partial charge on any atom is 0.410 e. The summed E-state index contributed by atoms with van der Waals surface area (Å²) >= 11 is 0. The van der Waals surface area contributed by atoms with Gasteiger partial charge in [-0.05, 0) is 18.2 Å². The molecule has 2 atom stereocenters. The number of hydrogen-bond donors (Lipinski definition) is 1. The second-order valence-corrected chi connectivity index (χ2v) is 6.18. The summed E-state index contributed by atoms with van der Waals surface area (Å²) in [6, 6.07) is 9.63. The third-order valence-corrected chi connectivity index (χ3v) is 4.58. The third-order valence-electron chi connectivity index (χ3n) is 4.58. The number of ether oxygens (including phenoxy) is 1. The normalized spacial score (nSPS) is 23.3. The molecule has 0 aliphatic carbocycles. The van der Waals surface area contributed by atoms with Crippen molar-refractivity contribution in [3.63, 3.8) is 0 Å². The second-order valence-electron chi connectivity index (χ2n) is 6.18. The molecule has 2 aliphatic heterocycles. The first-order chi connectivity index (χ1) is 11.7. The second kappa shape index (κ2) is 6.09. The summed E-state index contributed by atoms with van der Waals surface area (Å²) in [4.78, 5) is 24.6. The number of nitrogen functional groups attached to an aromatic ring is 1.